The first-order chi connectivity index (χ1) is 23.0. The molecule has 0 bridgehead atoms. The number of carboxylic acid groups (broad SMARTS) is 1. The van der Waals surface area contributed by atoms with E-state index < -0.39 is 36.2 Å². The van der Waals surface area contributed by atoms with Gasteiger partial charge in [0.1, 0.15) is 24.2 Å². The zero-order valence-corrected chi connectivity index (χ0v) is 30.6. The highest BCUT2D eigenvalue weighted by atomic mass is 16.4. The quantitative estimate of drug-likeness (QED) is 0.269. The Kier molecular flexibility index (Phi) is 13.8. The highest BCUT2D eigenvalue weighted by Gasteiger charge is 2.45. The second-order valence-corrected chi connectivity index (χ2v) is 14.6. The van der Waals surface area contributed by atoms with Gasteiger partial charge in [0.2, 0.25) is 29.5 Å². The number of aromatic carboxylic acids is 1. The summed E-state index contributed by atoms with van der Waals surface area (Å²) in [6.45, 7) is 12.3. The van der Waals surface area contributed by atoms with E-state index in [1.165, 1.54) is 17.0 Å². The number of hydrogen-bond donors (Lipinski definition) is 3. The van der Waals surface area contributed by atoms with Gasteiger partial charge in [0, 0.05) is 26.7 Å². The Morgan fingerprint density at radius 2 is 1.35 bits per heavy atom. The SMILES string of the molecule is CC(C)C(NC(=O)C(C(C)C)N(C)C)C(=O)N(C)C(C(=O)N1CCCC1C(=O)N1CCCC1C(=O)NCc1ccc(C(=O)O)cc1)C(C)C. The largest absolute Gasteiger partial charge is 0.478 e. The molecular weight excluding hydrogens is 628 g/mol. The molecule has 2 aliphatic heterocycles. The lowest BCUT2D eigenvalue weighted by atomic mass is 9.96. The van der Waals surface area contributed by atoms with Crippen LogP contribution < -0.4 is 10.6 Å². The molecule has 3 rings (SSSR count). The first-order valence-electron chi connectivity index (χ1n) is 17.4. The normalized spacial score (nSPS) is 19.7. The summed E-state index contributed by atoms with van der Waals surface area (Å²) in [6, 6.07) is 2.66. The van der Waals surface area contributed by atoms with Crippen molar-refractivity contribution in [3.8, 4) is 0 Å². The van der Waals surface area contributed by atoms with Gasteiger partial charge in [-0.05, 0) is 75.2 Å². The van der Waals surface area contributed by atoms with Crippen LogP contribution in [0.2, 0.25) is 0 Å². The van der Waals surface area contributed by atoms with Gasteiger partial charge in [0.15, 0.2) is 0 Å². The number of carbonyl (C=O) groups is 6. The Morgan fingerprint density at radius 3 is 1.86 bits per heavy atom. The molecule has 5 unspecified atom stereocenters. The fourth-order valence-corrected chi connectivity index (χ4v) is 7.16. The lowest BCUT2D eigenvalue weighted by Gasteiger charge is -2.38. The number of amides is 5. The van der Waals surface area contributed by atoms with E-state index in [1.807, 2.05) is 60.5 Å². The summed E-state index contributed by atoms with van der Waals surface area (Å²) in [6.07, 6.45) is 2.22. The number of rotatable bonds is 14. The minimum atomic E-state index is -1.03. The Hall–Kier alpha value is -4.00. The van der Waals surface area contributed by atoms with Crippen molar-refractivity contribution in [2.45, 2.75) is 104 Å². The van der Waals surface area contributed by atoms with E-state index in [1.54, 1.807) is 29.0 Å². The number of benzene rings is 1. The predicted molar refractivity (Wildman–Crippen MR) is 185 cm³/mol. The van der Waals surface area contributed by atoms with E-state index in [0.29, 0.717) is 38.8 Å². The summed E-state index contributed by atoms with van der Waals surface area (Å²) in [7, 11) is 5.23. The van der Waals surface area contributed by atoms with Crippen LogP contribution in [0.3, 0.4) is 0 Å². The molecule has 13 heteroatoms. The van der Waals surface area contributed by atoms with Gasteiger partial charge in [-0.15, -0.1) is 0 Å². The Balaban J connectivity index is 1.73. The van der Waals surface area contributed by atoms with Crippen molar-refractivity contribution in [1.29, 1.82) is 0 Å². The summed E-state index contributed by atoms with van der Waals surface area (Å²) in [5.74, 6) is -3.05. The third kappa shape index (κ3) is 9.37. The van der Waals surface area contributed by atoms with Crippen LogP contribution in [0.4, 0.5) is 0 Å². The Morgan fingerprint density at radius 1 is 0.796 bits per heavy atom. The van der Waals surface area contributed by atoms with Gasteiger partial charge in [0.25, 0.3) is 0 Å². The maximum absolute atomic E-state index is 14.3. The van der Waals surface area contributed by atoms with Crippen LogP contribution >= 0.6 is 0 Å². The number of nitrogens with zero attached hydrogens (tertiary/aromatic N) is 4. The topological polar surface area (TPSA) is 160 Å². The van der Waals surface area contributed by atoms with E-state index in [4.69, 9.17) is 5.11 Å². The van der Waals surface area contributed by atoms with Crippen molar-refractivity contribution in [3.05, 3.63) is 35.4 Å². The molecule has 2 fully saturated rings. The fourth-order valence-electron chi connectivity index (χ4n) is 7.16. The third-order valence-corrected chi connectivity index (χ3v) is 9.66. The van der Waals surface area contributed by atoms with Crippen LogP contribution in [0.25, 0.3) is 0 Å². The molecule has 0 saturated carbocycles. The van der Waals surface area contributed by atoms with Gasteiger partial charge in [0.05, 0.1) is 11.6 Å². The van der Waals surface area contributed by atoms with Gasteiger partial charge in [-0.25, -0.2) is 4.79 Å². The Labute approximate surface area is 290 Å². The van der Waals surface area contributed by atoms with Gasteiger partial charge in [-0.3, -0.25) is 28.9 Å². The van der Waals surface area contributed by atoms with E-state index in [2.05, 4.69) is 10.6 Å². The number of carboxylic acids is 1. The van der Waals surface area contributed by atoms with Crippen LogP contribution in [0.5, 0.6) is 0 Å². The summed E-state index contributed by atoms with van der Waals surface area (Å²) < 4.78 is 0. The minimum absolute atomic E-state index is 0.0180. The molecule has 49 heavy (non-hydrogen) atoms. The fraction of sp³-hybridized carbons (Fsp3) is 0.667. The van der Waals surface area contributed by atoms with Crippen molar-refractivity contribution >= 4 is 35.5 Å². The van der Waals surface area contributed by atoms with Gasteiger partial charge >= 0.3 is 5.97 Å². The molecule has 13 nitrogen and oxygen atoms in total. The van der Waals surface area contributed by atoms with Crippen molar-refractivity contribution in [1.82, 2.24) is 30.2 Å². The van der Waals surface area contributed by atoms with Crippen molar-refractivity contribution in [2.24, 2.45) is 17.8 Å². The van der Waals surface area contributed by atoms with Crippen molar-refractivity contribution in [2.75, 3.05) is 34.2 Å². The summed E-state index contributed by atoms with van der Waals surface area (Å²) in [5.41, 5.74) is 0.886. The highest BCUT2D eigenvalue weighted by molar-refractivity contribution is 5.96. The zero-order chi connectivity index (χ0) is 36.7. The van der Waals surface area contributed by atoms with Crippen LogP contribution in [-0.4, -0.2) is 125 Å². The van der Waals surface area contributed by atoms with Crippen LogP contribution in [0.1, 0.15) is 83.1 Å². The lowest BCUT2D eigenvalue weighted by molar-refractivity contribution is -0.153. The molecule has 5 atom stereocenters. The summed E-state index contributed by atoms with van der Waals surface area (Å²) in [5, 5.41) is 14.9. The molecule has 0 aromatic heterocycles. The number of nitrogens with one attached hydrogen (secondary N) is 2. The second kappa shape index (κ2) is 17.1. The summed E-state index contributed by atoms with van der Waals surface area (Å²) in [4.78, 5) is 86.3. The molecule has 1 aromatic carbocycles. The summed E-state index contributed by atoms with van der Waals surface area (Å²) >= 11 is 0. The molecule has 0 aliphatic carbocycles. The molecule has 0 radical (unpaired) electrons. The number of likely N-dealkylation sites (tertiary alicyclic amines) is 2. The van der Waals surface area contributed by atoms with E-state index in [-0.39, 0.29) is 59.4 Å². The molecule has 2 aliphatic rings. The van der Waals surface area contributed by atoms with E-state index in [9.17, 15) is 28.8 Å². The van der Waals surface area contributed by atoms with Crippen LogP contribution in [-0.2, 0) is 30.5 Å². The zero-order valence-electron chi connectivity index (χ0n) is 30.6. The number of likely N-dealkylation sites (N-methyl/N-ethyl adjacent to an activating group) is 2. The molecule has 1 aromatic rings. The average Bonchev–Trinajstić information content (AvgIpc) is 3.72. The molecule has 272 valence electrons. The maximum Gasteiger partial charge on any atom is 0.335 e. The number of hydrogen-bond acceptors (Lipinski definition) is 7. The minimum Gasteiger partial charge on any atom is -0.478 e. The van der Waals surface area contributed by atoms with Crippen molar-refractivity contribution in [3.63, 3.8) is 0 Å². The molecule has 2 heterocycles. The van der Waals surface area contributed by atoms with Gasteiger partial charge in [-0.1, -0.05) is 53.7 Å². The monoisotopic (exact) mass is 684 g/mol. The van der Waals surface area contributed by atoms with Crippen LogP contribution in [0.15, 0.2) is 24.3 Å². The van der Waals surface area contributed by atoms with E-state index >= 15 is 0 Å². The predicted octanol–water partition coefficient (Wildman–Crippen LogP) is 2.19. The molecule has 3 N–H and O–H groups in total. The molecule has 2 saturated heterocycles. The Bertz CT molecular complexity index is 1350. The lowest BCUT2D eigenvalue weighted by Crippen LogP contribution is -2.61. The third-order valence-electron chi connectivity index (χ3n) is 9.66. The van der Waals surface area contributed by atoms with Gasteiger partial charge in [-0.2, -0.15) is 0 Å². The average molecular weight is 685 g/mol. The maximum atomic E-state index is 14.3. The van der Waals surface area contributed by atoms with Gasteiger partial charge < -0.3 is 30.4 Å². The van der Waals surface area contributed by atoms with Crippen molar-refractivity contribution < 1.29 is 33.9 Å². The molecule has 0 spiro atoms. The number of carbonyl (C=O) groups excluding carboxylic acids is 5. The van der Waals surface area contributed by atoms with E-state index in [0.717, 1.165) is 5.56 Å². The second-order valence-electron chi connectivity index (χ2n) is 14.6. The smallest absolute Gasteiger partial charge is 0.335 e. The van der Waals surface area contributed by atoms with Crippen LogP contribution in [0, 0.1) is 17.8 Å². The first-order valence-corrected chi connectivity index (χ1v) is 17.4. The first kappa shape index (κ1) is 39.4. The highest BCUT2D eigenvalue weighted by Crippen LogP contribution is 2.28. The molecular formula is C36H56N6O7. The molecule has 5 amide bonds. The standard InChI is InChI=1S/C36H56N6O7/c1-21(2)28(38-32(44)29(22(3)4)39(7)8)34(46)40(9)30(23(5)6)35(47)42-19-11-13-27(42)33(45)41-18-10-12-26(41)31(43)37-20-24-14-16-25(17-15-24)36(48)49/h14-17,21-23,26-30H,10-13,18-20H2,1-9H3,(H,37,43)(H,38,44)(H,48,49).